The highest BCUT2D eigenvalue weighted by Gasteiger charge is 2.62. The van der Waals surface area contributed by atoms with Gasteiger partial charge in [-0.25, -0.2) is 26.5 Å². The van der Waals surface area contributed by atoms with Crippen LogP contribution in [0.15, 0.2) is 66.2 Å². The first-order valence-corrected chi connectivity index (χ1v) is 21.1. The Morgan fingerprint density at radius 1 is 1.09 bits per heavy atom. The van der Waals surface area contributed by atoms with Gasteiger partial charge in [-0.05, 0) is 68.1 Å². The summed E-state index contributed by atoms with van der Waals surface area (Å²) in [7, 11) is -4.92. The minimum Gasteiger partial charge on any atom is -0.494 e. The lowest BCUT2D eigenvalue weighted by atomic mass is 9.85. The molecule has 5 atom stereocenters. The van der Waals surface area contributed by atoms with E-state index in [2.05, 4.69) is 31.6 Å². The van der Waals surface area contributed by atoms with Crippen LogP contribution in [-0.2, 0) is 34.4 Å². The van der Waals surface area contributed by atoms with Crippen molar-refractivity contribution >= 4 is 65.8 Å². The molecule has 1 saturated heterocycles. The lowest BCUT2D eigenvalue weighted by Crippen LogP contribution is -2.58. The summed E-state index contributed by atoms with van der Waals surface area (Å²) in [5.74, 6) is -1.92. The van der Waals surface area contributed by atoms with Gasteiger partial charge in [0.1, 0.15) is 29.5 Å². The Morgan fingerprint density at radius 2 is 1.82 bits per heavy atom. The van der Waals surface area contributed by atoms with Crippen LogP contribution in [0.25, 0.3) is 10.8 Å². The fourth-order valence-electron chi connectivity index (χ4n) is 6.83. The molecule has 0 unspecified atom stereocenters. The number of nitrogens with zero attached hydrogens (tertiary/aromatic N) is 2. The van der Waals surface area contributed by atoms with Gasteiger partial charge in [0.15, 0.2) is 0 Å². The van der Waals surface area contributed by atoms with Crippen molar-refractivity contribution in [2.24, 2.45) is 11.3 Å². The number of carbonyl (C=O) groups is 3. The fourth-order valence-corrected chi connectivity index (χ4v) is 9.14. The summed E-state index contributed by atoms with van der Waals surface area (Å²) in [6.07, 6.45) is 3.19. The Labute approximate surface area is 325 Å². The molecule has 0 radical (unpaired) electrons. The van der Waals surface area contributed by atoms with E-state index in [-0.39, 0.29) is 30.2 Å². The fraction of sp³-hybridized carbons (Fsp3) is 0.459. The molecular weight excluding hydrogens is 772 g/mol. The Morgan fingerprint density at radius 3 is 2.44 bits per heavy atom. The third-order valence-electron chi connectivity index (χ3n) is 10.2. The van der Waals surface area contributed by atoms with Crippen molar-refractivity contribution in [2.75, 3.05) is 26.0 Å². The number of methoxy groups -OCH3 is 1. The number of ether oxygens (including phenoxy) is 2. The first-order chi connectivity index (χ1) is 25.8. The van der Waals surface area contributed by atoms with Crippen LogP contribution < -0.4 is 29.6 Å². The number of sulfonamides is 2. The molecule has 55 heavy (non-hydrogen) atoms. The average molecular weight is 817 g/mol. The number of halogens is 1. The first-order valence-electron chi connectivity index (χ1n) is 17.7. The highest BCUT2D eigenvalue weighted by atomic mass is 35.5. The maximum atomic E-state index is 14.8. The average Bonchev–Trinajstić information content (AvgIpc) is 4.07. The number of amides is 3. The second kappa shape index (κ2) is 14.9. The second-order valence-electron chi connectivity index (χ2n) is 15.2. The van der Waals surface area contributed by atoms with Gasteiger partial charge in [0.05, 0.1) is 30.0 Å². The van der Waals surface area contributed by atoms with Gasteiger partial charge in [0.2, 0.25) is 37.7 Å². The van der Waals surface area contributed by atoms with Gasteiger partial charge in [-0.15, -0.1) is 6.58 Å². The summed E-state index contributed by atoms with van der Waals surface area (Å²) in [6.45, 7) is 9.17. The minimum absolute atomic E-state index is 0.0141. The summed E-state index contributed by atoms with van der Waals surface area (Å²) in [4.78, 5) is 48.5. The molecule has 6 rings (SSSR count). The monoisotopic (exact) mass is 816 g/mol. The van der Waals surface area contributed by atoms with Crippen LogP contribution >= 0.6 is 11.6 Å². The van der Waals surface area contributed by atoms with Crippen LogP contribution in [-0.4, -0.2) is 94.1 Å². The number of carbonyl (C=O) groups excluding carboxylic acids is 3. The molecule has 2 aromatic carbocycles. The van der Waals surface area contributed by atoms with E-state index in [1.807, 2.05) is 20.8 Å². The number of nitrogens with one attached hydrogen (secondary N) is 4. The molecule has 3 aliphatic rings. The van der Waals surface area contributed by atoms with Crippen LogP contribution in [0.2, 0.25) is 5.02 Å². The molecule has 2 heterocycles. The summed E-state index contributed by atoms with van der Waals surface area (Å²) in [6, 6.07) is 8.98. The number of aromatic nitrogens is 1. The number of anilines is 1. The van der Waals surface area contributed by atoms with Crippen molar-refractivity contribution in [1.82, 2.24) is 24.6 Å². The van der Waals surface area contributed by atoms with E-state index in [0.29, 0.717) is 40.1 Å². The highest BCUT2D eigenvalue weighted by molar-refractivity contribution is 7.91. The SMILES string of the molecule is C=C[C@@H]1C[C@]1(NC(=O)[C@@H]1C[C@@H](Oc2ncc(OC)c3ccc(Cl)cc23)CN1C(=O)[C@H](Nc1cccc(S(=O)(=O)NC)c1)C(C)(C)C)C(=O)NS(=O)(=O)C1CC1. The van der Waals surface area contributed by atoms with Crippen LogP contribution in [0.3, 0.4) is 0 Å². The van der Waals surface area contributed by atoms with Crippen molar-refractivity contribution < 1.29 is 40.7 Å². The number of rotatable bonds is 14. The quantitative estimate of drug-likeness (QED) is 0.174. The van der Waals surface area contributed by atoms with E-state index < -0.39 is 78.1 Å². The largest absolute Gasteiger partial charge is 0.494 e. The van der Waals surface area contributed by atoms with Crippen LogP contribution in [0.1, 0.15) is 46.5 Å². The van der Waals surface area contributed by atoms with Gasteiger partial charge < -0.3 is 25.0 Å². The number of fused-ring (bicyclic) bond motifs is 1. The molecule has 296 valence electrons. The van der Waals surface area contributed by atoms with E-state index in [4.69, 9.17) is 21.1 Å². The maximum Gasteiger partial charge on any atom is 0.259 e. The van der Waals surface area contributed by atoms with E-state index in [0.717, 1.165) is 0 Å². The molecule has 2 aliphatic carbocycles. The normalized spacial score (nSPS) is 23.1. The molecule has 1 aromatic heterocycles. The van der Waals surface area contributed by atoms with Crippen molar-refractivity contribution in [2.45, 2.75) is 80.3 Å². The number of benzene rings is 2. The first kappa shape index (κ1) is 40.2. The predicted molar refractivity (Wildman–Crippen MR) is 207 cm³/mol. The molecule has 4 N–H and O–H groups in total. The van der Waals surface area contributed by atoms with E-state index in [1.54, 1.807) is 30.3 Å². The number of hydrogen-bond donors (Lipinski definition) is 4. The van der Waals surface area contributed by atoms with Gasteiger partial charge in [-0.3, -0.25) is 19.1 Å². The second-order valence-corrected chi connectivity index (χ2v) is 19.4. The Hall–Kier alpha value is -4.45. The summed E-state index contributed by atoms with van der Waals surface area (Å²) >= 11 is 6.35. The molecule has 1 aliphatic heterocycles. The molecule has 3 aromatic rings. The Bertz CT molecular complexity index is 2260. The highest BCUT2D eigenvalue weighted by Crippen LogP contribution is 2.46. The van der Waals surface area contributed by atoms with Gasteiger partial charge in [-0.1, -0.05) is 44.5 Å². The molecular formula is C37H45ClN6O9S2. The topological polar surface area (TPSA) is 202 Å². The van der Waals surface area contributed by atoms with Crippen molar-refractivity contribution in [3.63, 3.8) is 0 Å². The van der Waals surface area contributed by atoms with Crippen molar-refractivity contribution in [3.8, 4) is 11.6 Å². The van der Waals surface area contributed by atoms with Crippen molar-refractivity contribution in [1.29, 1.82) is 0 Å². The summed E-state index contributed by atoms with van der Waals surface area (Å²) in [5, 5.41) is 6.97. The summed E-state index contributed by atoms with van der Waals surface area (Å²) in [5.41, 5.74) is -2.01. The zero-order valence-electron chi connectivity index (χ0n) is 31.1. The minimum atomic E-state index is -3.93. The lowest BCUT2D eigenvalue weighted by molar-refractivity contribution is -0.141. The zero-order valence-corrected chi connectivity index (χ0v) is 33.5. The number of likely N-dealkylation sites (tertiary alicyclic amines) is 1. The van der Waals surface area contributed by atoms with Gasteiger partial charge >= 0.3 is 0 Å². The van der Waals surface area contributed by atoms with E-state index in [1.165, 1.54) is 43.5 Å². The number of pyridine rings is 1. The molecule has 0 spiro atoms. The van der Waals surface area contributed by atoms with Gasteiger partial charge in [0, 0.05) is 33.8 Å². The molecule has 18 heteroatoms. The van der Waals surface area contributed by atoms with E-state index in [9.17, 15) is 31.2 Å². The van der Waals surface area contributed by atoms with Gasteiger partial charge in [-0.2, -0.15) is 0 Å². The van der Waals surface area contributed by atoms with Crippen LogP contribution in [0, 0.1) is 11.3 Å². The van der Waals surface area contributed by atoms with Crippen LogP contribution in [0.5, 0.6) is 11.6 Å². The molecule has 3 fully saturated rings. The third-order valence-corrected chi connectivity index (χ3v) is 13.7. The predicted octanol–water partition coefficient (Wildman–Crippen LogP) is 3.35. The smallest absolute Gasteiger partial charge is 0.259 e. The van der Waals surface area contributed by atoms with E-state index >= 15 is 0 Å². The zero-order chi connectivity index (χ0) is 40.1. The Balaban J connectivity index is 1.33. The maximum absolute atomic E-state index is 14.8. The van der Waals surface area contributed by atoms with Crippen LogP contribution in [0.4, 0.5) is 5.69 Å². The third kappa shape index (κ3) is 8.25. The van der Waals surface area contributed by atoms with Gasteiger partial charge in [0.25, 0.3) is 5.91 Å². The summed E-state index contributed by atoms with van der Waals surface area (Å²) < 4.78 is 67.0. The molecule has 2 saturated carbocycles. The Kier molecular flexibility index (Phi) is 10.9. The van der Waals surface area contributed by atoms with Crippen molar-refractivity contribution in [3.05, 3.63) is 66.3 Å². The molecule has 0 bridgehead atoms. The molecule has 15 nitrogen and oxygen atoms in total. The standard InChI is InChI=1S/C37H45ClN6O9S2/c1-7-21-18-37(21,35(47)43-55(50,51)25-12-13-25)42-32(45)29-17-24(53-33-28-15-22(38)11-14-27(28)30(52-6)19-40-33)20-44(29)34(46)31(36(2,3)4)41-23-9-8-10-26(16-23)54(48,49)39-5/h7-11,14-16,19,21,24-25,29,31,39,41H,1,12-13,17-18,20H2,2-6H3,(H,42,45)(H,43,47)/t21-,24-,29+,31+,37-/m1/s1. The molecule has 3 amide bonds. The number of hydrogen-bond acceptors (Lipinski definition) is 11. The lowest BCUT2D eigenvalue weighted by Gasteiger charge is -2.36.